The van der Waals surface area contributed by atoms with Crippen molar-refractivity contribution in [2.75, 3.05) is 5.73 Å². The molecule has 3 N–H and O–H groups in total. The fraction of sp³-hybridized carbons (Fsp3) is 0.455. The lowest BCUT2D eigenvalue weighted by Gasteiger charge is -2.13. The molecule has 0 aromatic heterocycles. The Morgan fingerprint density at radius 2 is 2.11 bits per heavy atom. The van der Waals surface area contributed by atoms with E-state index in [0.717, 1.165) is 18.6 Å². The quantitative estimate of drug-likeness (QED) is 0.469. The van der Waals surface area contributed by atoms with Gasteiger partial charge in [0.1, 0.15) is 0 Å². The third-order valence-electron chi connectivity index (χ3n) is 2.55. The Hall–Kier alpha value is -1.67. The van der Waals surface area contributed by atoms with Gasteiger partial charge in [-0.2, -0.15) is 0 Å². The van der Waals surface area contributed by atoms with E-state index in [1.54, 1.807) is 6.92 Å². The highest BCUT2D eigenvalue weighted by Crippen LogP contribution is 2.26. The molecule has 19 heavy (non-hydrogen) atoms. The Morgan fingerprint density at radius 1 is 1.47 bits per heavy atom. The minimum absolute atomic E-state index is 0.146. The van der Waals surface area contributed by atoms with Crippen molar-refractivity contribution in [3.63, 3.8) is 0 Å². The van der Waals surface area contributed by atoms with Crippen LogP contribution in [0.1, 0.15) is 26.7 Å². The van der Waals surface area contributed by atoms with Crippen LogP contribution < -0.4 is 10.5 Å². The van der Waals surface area contributed by atoms with E-state index in [2.05, 4.69) is 4.72 Å². The molecule has 0 amide bonds. The monoisotopic (exact) mass is 287 g/mol. The average molecular weight is 287 g/mol. The summed E-state index contributed by atoms with van der Waals surface area (Å²) in [6.45, 7) is 3.64. The van der Waals surface area contributed by atoms with Gasteiger partial charge in [0.2, 0.25) is 10.0 Å². The number of sulfonamides is 1. The van der Waals surface area contributed by atoms with Crippen molar-refractivity contribution in [3.05, 3.63) is 28.3 Å². The first-order valence-corrected chi connectivity index (χ1v) is 7.32. The van der Waals surface area contributed by atoms with Crippen LogP contribution in [-0.4, -0.2) is 19.4 Å². The SMILES string of the molecule is CCCC(C)NS(=O)(=O)c1ccc(N)cc1[N+](=O)[O-]. The highest BCUT2D eigenvalue weighted by atomic mass is 32.2. The summed E-state index contributed by atoms with van der Waals surface area (Å²) in [5, 5.41) is 10.9. The number of nitro benzene ring substituents is 1. The minimum Gasteiger partial charge on any atom is -0.399 e. The summed E-state index contributed by atoms with van der Waals surface area (Å²) in [6.07, 6.45) is 1.47. The predicted octanol–water partition coefficient (Wildman–Crippen LogP) is 1.64. The van der Waals surface area contributed by atoms with Crippen LogP contribution in [0.2, 0.25) is 0 Å². The lowest BCUT2D eigenvalue weighted by Crippen LogP contribution is -2.32. The van der Waals surface area contributed by atoms with Gasteiger partial charge >= 0.3 is 0 Å². The number of nitro groups is 1. The van der Waals surface area contributed by atoms with Crippen LogP contribution in [0.4, 0.5) is 11.4 Å². The molecule has 1 aromatic carbocycles. The van der Waals surface area contributed by atoms with E-state index in [9.17, 15) is 18.5 Å². The van der Waals surface area contributed by atoms with Gasteiger partial charge in [-0.05, 0) is 25.5 Å². The number of nitrogens with zero attached hydrogens (tertiary/aromatic N) is 1. The molecule has 1 unspecified atom stereocenters. The van der Waals surface area contributed by atoms with Crippen LogP contribution in [0.3, 0.4) is 0 Å². The molecule has 1 aromatic rings. The molecule has 1 rings (SSSR count). The molecule has 0 saturated carbocycles. The lowest BCUT2D eigenvalue weighted by molar-refractivity contribution is -0.387. The van der Waals surface area contributed by atoms with Crippen LogP contribution in [-0.2, 0) is 10.0 Å². The third kappa shape index (κ3) is 3.90. The maximum absolute atomic E-state index is 12.1. The van der Waals surface area contributed by atoms with E-state index in [0.29, 0.717) is 6.42 Å². The highest BCUT2D eigenvalue weighted by molar-refractivity contribution is 7.89. The molecule has 0 aliphatic heterocycles. The number of hydrogen-bond acceptors (Lipinski definition) is 5. The van der Waals surface area contributed by atoms with Crippen LogP contribution in [0.15, 0.2) is 23.1 Å². The van der Waals surface area contributed by atoms with E-state index in [1.165, 1.54) is 6.07 Å². The van der Waals surface area contributed by atoms with E-state index in [1.807, 2.05) is 6.92 Å². The van der Waals surface area contributed by atoms with Crippen molar-refractivity contribution in [2.45, 2.75) is 37.6 Å². The largest absolute Gasteiger partial charge is 0.399 e. The maximum Gasteiger partial charge on any atom is 0.291 e. The van der Waals surface area contributed by atoms with E-state index >= 15 is 0 Å². The summed E-state index contributed by atoms with van der Waals surface area (Å²) < 4.78 is 26.6. The fourth-order valence-electron chi connectivity index (χ4n) is 1.72. The minimum atomic E-state index is -3.92. The van der Waals surface area contributed by atoms with Crippen molar-refractivity contribution in [3.8, 4) is 0 Å². The van der Waals surface area contributed by atoms with Gasteiger partial charge in [-0.1, -0.05) is 13.3 Å². The maximum atomic E-state index is 12.1. The third-order valence-corrected chi connectivity index (χ3v) is 4.18. The molecule has 0 heterocycles. The summed E-state index contributed by atoms with van der Waals surface area (Å²) in [5.74, 6) is 0. The van der Waals surface area contributed by atoms with Crippen molar-refractivity contribution >= 4 is 21.4 Å². The topological polar surface area (TPSA) is 115 Å². The number of hydrogen-bond donors (Lipinski definition) is 2. The molecule has 1 atom stereocenters. The second-order valence-electron chi connectivity index (χ2n) is 4.30. The molecule has 0 spiro atoms. The van der Waals surface area contributed by atoms with Crippen molar-refractivity contribution < 1.29 is 13.3 Å². The molecule has 7 nitrogen and oxygen atoms in total. The Bertz CT molecular complexity index is 571. The highest BCUT2D eigenvalue weighted by Gasteiger charge is 2.26. The number of nitrogens with one attached hydrogen (secondary N) is 1. The van der Waals surface area contributed by atoms with Crippen LogP contribution in [0.5, 0.6) is 0 Å². The number of nitrogens with two attached hydrogens (primary N) is 1. The zero-order chi connectivity index (χ0) is 14.6. The first-order chi connectivity index (χ1) is 8.77. The average Bonchev–Trinajstić information content (AvgIpc) is 2.27. The van der Waals surface area contributed by atoms with Crippen molar-refractivity contribution in [1.29, 1.82) is 0 Å². The smallest absolute Gasteiger partial charge is 0.291 e. The van der Waals surface area contributed by atoms with Crippen LogP contribution >= 0.6 is 0 Å². The van der Waals surface area contributed by atoms with Gasteiger partial charge in [-0.3, -0.25) is 10.1 Å². The molecule has 0 radical (unpaired) electrons. The molecule has 0 saturated heterocycles. The molecule has 106 valence electrons. The predicted molar refractivity (Wildman–Crippen MR) is 72.2 cm³/mol. The molecule has 8 heteroatoms. The summed E-state index contributed by atoms with van der Waals surface area (Å²) in [5.41, 5.74) is 5.07. The first-order valence-electron chi connectivity index (χ1n) is 5.84. The van der Waals surface area contributed by atoms with Gasteiger partial charge in [0.05, 0.1) is 4.92 Å². The lowest BCUT2D eigenvalue weighted by atomic mass is 10.2. The summed E-state index contributed by atoms with van der Waals surface area (Å²) >= 11 is 0. The van der Waals surface area contributed by atoms with Gasteiger partial charge in [0, 0.05) is 17.8 Å². The Labute approximate surface area is 112 Å². The van der Waals surface area contributed by atoms with Crippen LogP contribution in [0, 0.1) is 10.1 Å². The van der Waals surface area contributed by atoms with Gasteiger partial charge in [0.15, 0.2) is 4.90 Å². The molecule has 0 aliphatic carbocycles. The van der Waals surface area contributed by atoms with E-state index < -0.39 is 20.6 Å². The first kappa shape index (κ1) is 15.4. The standard InChI is InChI=1S/C11H17N3O4S/c1-3-4-8(2)13-19(17,18)11-6-5-9(12)7-10(11)14(15)16/h5-8,13H,3-4,12H2,1-2H3. The molecular formula is C11H17N3O4S. The Balaban J connectivity index is 3.18. The number of nitrogen functional groups attached to an aromatic ring is 1. The van der Waals surface area contributed by atoms with Gasteiger partial charge in [-0.25, -0.2) is 13.1 Å². The summed E-state index contributed by atoms with van der Waals surface area (Å²) in [6, 6.07) is 3.23. The zero-order valence-corrected chi connectivity index (χ0v) is 11.6. The van der Waals surface area contributed by atoms with E-state index in [4.69, 9.17) is 5.73 Å². The zero-order valence-electron chi connectivity index (χ0n) is 10.8. The molecule has 0 fully saturated rings. The van der Waals surface area contributed by atoms with E-state index in [-0.39, 0.29) is 16.6 Å². The van der Waals surface area contributed by atoms with Gasteiger partial charge in [-0.15, -0.1) is 0 Å². The summed E-state index contributed by atoms with van der Waals surface area (Å²) in [7, 11) is -3.92. The van der Waals surface area contributed by atoms with Crippen molar-refractivity contribution in [2.24, 2.45) is 0 Å². The molecule has 0 aliphatic rings. The molecule has 0 bridgehead atoms. The second-order valence-corrected chi connectivity index (χ2v) is 5.98. The van der Waals surface area contributed by atoms with Crippen molar-refractivity contribution in [1.82, 2.24) is 4.72 Å². The normalized spacial score (nSPS) is 13.2. The number of rotatable bonds is 6. The van der Waals surface area contributed by atoms with Crippen LogP contribution in [0.25, 0.3) is 0 Å². The Kier molecular flexibility index (Phi) is 4.84. The van der Waals surface area contributed by atoms with Gasteiger partial charge < -0.3 is 5.73 Å². The number of benzene rings is 1. The number of anilines is 1. The second kappa shape index (κ2) is 5.98. The van der Waals surface area contributed by atoms with Gasteiger partial charge in [0.25, 0.3) is 5.69 Å². The summed E-state index contributed by atoms with van der Waals surface area (Å²) in [4.78, 5) is 9.77. The fourth-order valence-corrected chi connectivity index (χ4v) is 3.16. The Morgan fingerprint density at radius 3 is 2.63 bits per heavy atom. The molecular weight excluding hydrogens is 270 g/mol.